The zero-order valence-electron chi connectivity index (χ0n) is 21.2. The molecule has 3 aliphatic rings. The van der Waals surface area contributed by atoms with Crippen molar-refractivity contribution in [3.8, 4) is 0 Å². The van der Waals surface area contributed by atoms with E-state index in [1.807, 2.05) is 20.8 Å². The van der Waals surface area contributed by atoms with E-state index >= 15 is 0 Å². The first-order valence-electron chi connectivity index (χ1n) is 12.5. The van der Waals surface area contributed by atoms with Crippen LogP contribution in [-0.4, -0.2) is 87.1 Å². The van der Waals surface area contributed by atoms with Crippen LogP contribution in [0.3, 0.4) is 0 Å². The fraction of sp³-hybridized carbons (Fsp3) is 0.731. The van der Waals surface area contributed by atoms with E-state index in [0.717, 1.165) is 12.8 Å². The molecule has 8 atom stereocenters. The largest absolute Gasteiger partial charge is 0.461 e. The second kappa shape index (κ2) is 11.1. The number of aliphatic hydroxyl groups excluding tert-OH is 1. The molecule has 0 aromatic carbocycles. The van der Waals surface area contributed by atoms with Gasteiger partial charge in [0.05, 0.1) is 30.6 Å². The van der Waals surface area contributed by atoms with Gasteiger partial charge in [-0.3, -0.25) is 14.4 Å². The van der Waals surface area contributed by atoms with Crippen LogP contribution in [0, 0.1) is 17.8 Å². The molecule has 0 aromatic rings. The minimum Gasteiger partial charge on any atom is -0.461 e. The first-order valence-corrected chi connectivity index (χ1v) is 13.5. The number of ether oxygens (including phenoxy) is 2. The third-order valence-electron chi connectivity index (χ3n) is 7.74. The molecule has 35 heavy (non-hydrogen) atoms. The van der Waals surface area contributed by atoms with Crippen LogP contribution < -0.4 is 0 Å². The number of aliphatic hydroxyl groups is 1. The van der Waals surface area contributed by atoms with E-state index in [1.54, 1.807) is 11.0 Å². The number of carbonyl (C=O) groups excluding carboxylic acids is 3. The van der Waals surface area contributed by atoms with Crippen molar-refractivity contribution in [2.75, 3.05) is 19.8 Å². The van der Waals surface area contributed by atoms with Crippen LogP contribution in [0.25, 0.3) is 0 Å². The fourth-order valence-electron chi connectivity index (χ4n) is 6.19. The summed E-state index contributed by atoms with van der Waals surface area (Å²) in [5.41, 5.74) is -1.18. The molecule has 3 rings (SSSR count). The molecule has 9 heteroatoms. The lowest BCUT2D eigenvalue weighted by atomic mass is 9.70. The highest BCUT2D eigenvalue weighted by Gasteiger charge is 2.77. The number of likely N-dealkylation sites (tertiary alicyclic amines) is 1. The summed E-state index contributed by atoms with van der Waals surface area (Å²) in [6, 6.07) is -1.62. The van der Waals surface area contributed by atoms with E-state index < -0.39 is 41.6 Å². The predicted octanol–water partition coefficient (Wildman–Crippen LogP) is 2.68. The maximum Gasteiger partial charge on any atom is 0.312 e. The van der Waals surface area contributed by atoms with Gasteiger partial charge in [-0.2, -0.15) is 0 Å². The van der Waals surface area contributed by atoms with Crippen molar-refractivity contribution in [2.45, 2.75) is 81.6 Å². The second-order valence-electron chi connectivity index (χ2n) is 10.2. The Bertz CT molecular complexity index is 850. The third-order valence-corrected chi connectivity index (χ3v) is 8.58. The molecule has 1 spiro atoms. The van der Waals surface area contributed by atoms with Crippen molar-refractivity contribution >= 4 is 33.7 Å². The van der Waals surface area contributed by atoms with E-state index in [-0.39, 0.29) is 41.8 Å². The van der Waals surface area contributed by atoms with Gasteiger partial charge >= 0.3 is 5.97 Å². The van der Waals surface area contributed by atoms with E-state index in [9.17, 15) is 19.5 Å². The Morgan fingerprint density at radius 1 is 1.34 bits per heavy atom. The summed E-state index contributed by atoms with van der Waals surface area (Å²) >= 11 is 3.65. The Morgan fingerprint density at radius 2 is 2.03 bits per heavy atom. The number of fused-ring (bicyclic) bond motifs is 1. The SMILES string of the molecule is C=CCOC(=O)[C@H]1[C@@H]2OC3(CC2Br)C(C(=O)N(CC=C)C(C)CCC)N([C@@H](CO)C(C)C)C(=O)[C@H]13. The summed E-state index contributed by atoms with van der Waals surface area (Å²) in [7, 11) is 0. The molecule has 4 unspecified atom stereocenters. The van der Waals surface area contributed by atoms with Gasteiger partial charge < -0.3 is 24.4 Å². The lowest BCUT2D eigenvalue weighted by Gasteiger charge is -2.41. The monoisotopic (exact) mass is 554 g/mol. The van der Waals surface area contributed by atoms with Crippen molar-refractivity contribution < 1.29 is 29.0 Å². The lowest BCUT2D eigenvalue weighted by molar-refractivity contribution is -0.156. The summed E-state index contributed by atoms with van der Waals surface area (Å²) in [5.74, 6) is -2.90. The molecule has 3 aliphatic heterocycles. The number of alkyl halides is 1. The van der Waals surface area contributed by atoms with Crippen molar-refractivity contribution in [1.82, 2.24) is 9.80 Å². The second-order valence-corrected chi connectivity index (χ2v) is 11.4. The lowest BCUT2D eigenvalue weighted by Crippen LogP contribution is -2.61. The van der Waals surface area contributed by atoms with Crippen molar-refractivity contribution in [3.05, 3.63) is 25.3 Å². The maximum atomic E-state index is 14.3. The van der Waals surface area contributed by atoms with Crippen molar-refractivity contribution in [1.29, 1.82) is 0 Å². The topological polar surface area (TPSA) is 96.4 Å². The van der Waals surface area contributed by atoms with Gasteiger partial charge in [0.25, 0.3) is 0 Å². The molecule has 0 radical (unpaired) electrons. The molecule has 3 heterocycles. The first kappa shape index (κ1) is 27.9. The minimum atomic E-state index is -1.18. The average molecular weight is 556 g/mol. The third kappa shape index (κ3) is 4.60. The van der Waals surface area contributed by atoms with Crippen LogP contribution in [0.2, 0.25) is 0 Å². The molecular formula is C26H39BrN2O6. The summed E-state index contributed by atoms with van der Waals surface area (Å²) < 4.78 is 11.9. The van der Waals surface area contributed by atoms with Crippen LogP contribution in [0.15, 0.2) is 25.3 Å². The van der Waals surface area contributed by atoms with Gasteiger partial charge in [0, 0.05) is 17.4 Å². The van der Waals surface area contributed by atoms with Gasteiger partial charge in [-0.25, -0.2) is 0 Å². The van der Waals surface area contributed by atoms with E-state index in [2.05, 4.69) is 36.0 Å². The van der Waals surface area contributed by atoms with Gasteiger partial charge in [-0.05, 0) is 25.7 Å². The zero-order chi connectivity index (χ0) is 26.1. The molecule has 1 N–H and O–H groups in total. The minimum absolute atomic E-state index is 0.0297. The zero-order valence-corrected chi connectivity index (χ0v) is 22.8. The molecule has 0 aromatic heterocycles. The highest BCUT2D eigenvalue weighted by atomic mass is 79.9. The van der Waals surface area contributed by atoms with Crippen LogP contribution in [0.1, 0.15) is 47.0 Å². The van der Waals surface area contributed by atoms with Crippen molar-refractivity contribution in [2.24, 2.45) is 17.8 Å². The average Bonchev–Trinajstić information content (AvgIpc) is 3.39. The Kier molecular flexibility index (Phi) is 8.86. The number of amides is 2. The molecular weight excluding hydrogens is 516 g/mol. The number of hydrogen-bond acceptors (Lipinski definition) is 6. The van der Waals surface area contributed by atoms with Crippen LogP contribution >= 0.6 is 15.9 Å². The quantitative estimate of drug-likeness (QED) is 0.226. The Morgan fingerprint density at radius 3 is 2.57 bits per heavy atom. The molecule has 2 bridgehead atoms. The van der Waals surface area contributed by atoms with E-state index in [4.69, 9.17) is 9.47 Å². The number of carbonyl (C=O) groups is 3. The molecule has 2 amide bonds. The molecule has 0 saturated carbocycles. The molecule has 0 aliphatic carbocycles. The predicted molar refractivity (Wildman–Crippen MR) is 136 cm³/mol. The molecule has 3 saturated heterocycles. The highest BCUT2D eigenvalue weighted by Crippen LogP contribution is 2.61. The summed E-state index contributed by atoms with van der Waals surface area (Å²) in [5, 5.41) is 10.3. The van der Waals surface area contributed by atoms with Gasteiger partial charge in [-0.15, -0.1) is 6.58 Å². The fourth-order valence-corrected chi connectivity index (χ4v) is 7.13. The highest BCUT2D eigenvalue weighted by molar-refractivity contribution is 9.09. The summed E-state index contributed by atoms with van der Waals surface area (Å²) in [6.45, 7) is 15.3. The first-order chi connectivity index (χ1) is 16.6. The van der Waals surface area contributed by atoms with Crippen LogP contribution in [0.4, 0.5) is 0 Å². The Labute approximate surface area is 216 Å². The molecule has 196 valence electrons. The van der Waals surface area contributed by atoms with Gasteiger partial charge in [0.2, 0.25) is 11.8 Å². The van der Waals surface area contributed by atoms with Gasteiger partial charge in [0.1, 0.15) is 18.2 Å². The number of hydrogen-bond donors (Lipinski definition) is 1. The molecule has 8 nitrogen and oxygen atoms in total. The van der Waals surface area contributed by atoms with E-state index in [0.29, 0.717) is 13.0 Å². The smallest absolute Gasteiger partial charge is 0.312 e. The Hall–Kier alpha value is -1.71. The summed E-state index contributed by atoms with van der Waals surface area (Å²) in [4.78, 5) is 44.5. The molecule has 3 fully saturated rings. The summed E-state index contributed by atoms with van der Waals surface area (Å²) in [6.07, 6.45) is 4.69. The van der Waals surface area contributed by atoms with Gasteiger partial charge in [0.15, 0.2) is 0 Å². The number of rotatable bonds is 12. The Balaban J connectivity index is 2.13. The van der Waals surface area contributed by atoms with Crippen molar-refractivity contribution in [3.63, 3.8) is 0 Å². The van der Waals surface area contributed by atoms with E-state index in [1.165, 1.54) is 11.0 Å². The number of halogens is 1. The normalized spacial score (nSPS) is 32.9. The number of nitrogens with zero attached hydrogens (tertiary/aromatic N) is 2. The van der Waals surface area contributed by atoms with Gasteiger partial charge in [-0.1, -0.05) is 61.9 Å². The van der Waals surface area contributed by atoms with Crippen LogP contribution in [-0.2, 0) is 23.9 Å². The van der Waals surface area contributed by atoms with Crippen LogP contribution in [0.5, 0.6) is 0 Å². The maximum absolute atomic E-state index is 14.3. The number of esters is 1. The standard InChI is InChI=1S/C26H39BrN2O6/c1-7-10-16(6)28(11-8-2)24(32)22-26-13-17(27)21(35-26)19(25(33)34-12-9-3)20(26)23(31)29(22)18(14-30)15(4)5/h8-9,15-22,30H,2-3,7,10-14H2,1,4-6H3/t16?,17?,18-,19+,20-,21+,22?,26?/m0/s1.